The van der Waals surface area contributed by atoms with Crippen LogP contribution in [-0.4, -0.2) is 33.7 Å². The number of hydrogen-bond acceptors (Lipinski definition) is 3. The molecule has 1 aliphatic rings. The van der Waals surface area contributed by atoms with Crippen LogP contribution in [0.4, 0.5) is 0 Å². The number of likely N-dealkylation sites (tertiary alicyclic amines) is 1. The summed E-state index contributed by atoms with van der Waals surface area (Å²) < 4.78 is 0. The number of aliphatic hydroxyl groups is 1. The average molecular weight is 289 g/mol. The molecule has 1 aromatic heterocycles. The number of nitrogens with zero attached hydrogens (tertiary/aromatic N) is 2. The summed E-state index contributed by atoms with van der Waals surface area (Å²) in [5.74, 6) is 0.260. The zero-order valence-corrected chi connectivity index (χ0v) is 12.4. The third-order valence-electron chi connectivity index (χ3n) is 3.60. The summed E-state index contributed by atoms with van der Waals surface area (Å²) in [6.45, 7) is 7.88. The summed E-state index contributed by atoms with van der Waals surface area (Å²) in [5, 5.41) is 11.3. The quantitative estimate of drug-likeness (QED) is 0.869. The molecule has 0 radical (unpaired) electrons. The Bertz CT molecular complexity index is 433. The monoisotopic (exact) mass is 288 g/mol. The molecule has 0 aromatic carbocycles. The van der Waals surface area contributed by atoms with Crippen LogP contribution in [0, 0.1) is 12.8 Å². The summed E-state index contributed by atoms with van der Waals surface area (Å²) in [7, 11) is 0. The molecule has 1 saturated heterocycles. The zero-order valence-electron chi connectivity index (χ0n) is 10.9. The number of aryl methyl sites for hydroxylation is 1. The number of pyridine rings is 1. The van der Waals surface area contributed by atoms with E-state index in [-0.39, 0.29) is 5.92 Å². The highest BCUT2D eigenvalue weighted by Crippen LogP contribution is 2.32. The molecule has 0 bridgehead atoms. The van der Waals surface area contributed by atoms with E-state index in [1.165, 1.54) is 0 Å². The van der Waals surface area contributed by atoms with Crippen molar-refractivity contribution in [2.24, 2.45) is 5.92 Å². The number of halogens is 2. The number of rotatable bonds is 3. The Morgan fingerprint density at radius 2 is 2.06 bits per heavy atom. The van der Waals surface area contributed by atoms with Crippen LogP contribution in [0.3, 0.4) is 0 Å². The van der Waals surface area contributed by atoms with E-state index in [9.17, 15) is 5.11 Å². The van der Waals surface area contributed by atoms with E-state index >= 15 is 0 Å². The summed E-state index contributed by atoms with van der Waals surface area (Å²) in [6.07, 6.45) is 0. The first-order valence-electron chi connectivity index (χ1n) is 6.08. The van der Waals surface area contributed by atoms with Crippen molar-refractivity contribution in [3.63, 3.8) is 0 Å². The van der Waals surface area contributed by atoms with Gasteiger partial charge in [0.15, 0.2) is 0 Å². The highest BCUT2D eigenvalue weighted by Gasteiger charge is 2.43. The Morgan fingerprint density at radius 1 is 1.44 bits per heavy atom. The zero-order chi connectivity index (χ0) is 13.5. The van der Waals surface area contributed by atoms with Crippen molar-refractivity contribution < 1.29 is 5.11 Å². The van der Waals surface area contributed by atoms with Gasteiger partial charge in [-0.15, -0.1) is 0 Å². The Morgan fingerprint density at radius 3 is 2.56 bits per heavy atom. The van der Waals surface area contributed by atoms with Gasteiger partial charge in [-0.3, -0.25) is 4.90 Å². The van der Waals surface area contributed by atoms with Gasteiger partial charge < -0.3 is 5.11 Å². The minimum Gasteiger partial charge on any atom is -0.387 e. The van der Waals surface area contributed by atoms with Crippen LogP contribution in [0.5, 0.6) is 0 Å². The van der Waals surface area contributed by atoms with Crippen molar-refractivity contribution >= 4 is 23.2 Å². The molecule has 1 N–H and O–H groups in total. The summed E-state index contributed by atoms with van der Waals surface area (Å²) >= 11 is 12.3. The fourth-order valence-electron chi connectivity index (χ4n) is 2.19. The van der Waals surface area contributed by atoms with Crippen molar-refractivity contribution in [2.75, 3.05) is 13.1 Å². The molecule has 18 heavy (non-hydrogen) atoms. The maximum atomic E-state index is 10.2. The van der Waals surface area contributed by atoms with Crippen molar-refractivity contribution in [1.29, 1.82) is 0 Å². The largest absolute Gasteiger partial charge is 0.387 e. The second-order valence-corrected chi connectivity index (χ2v) is 6.18. The van der Waals surface area contributed by atoms with Crippen molar-refractivity contribution in [2.45, 2.75) is 32.9 Å². The molecular formula is C13H18Cl2N2O. The van der Waals surface area contributed by atoms with Gasteiger partial charge in [-0.05, 0) is 18.9 Å². The van der Waals surface area contributed by atoms with Gasteiger partial charge in [0, 0.05) is 35.9 Å². The second kappa shape index (κ2) is 4.97. The van der Waals surface area contributed by atoms with Crippen LogP contribution < -0.4 is 0 Å². The minimum absolute atomic E-state index is 0.260. The molecule has 1 fully saturated rings. The molecule has 0 spiro atoms. The molecule has 0 aliphatic carbocycles. The number of aromatic nitrogens is 1. The van der Waals surface area contributed by atoms with Crippen molar-refractivity contribution in [1.82, 2.24) is 9.88 Å². The van der Waals surface area contributed by atoms with Gasteiger partial charge in [-0.25, -0.2) is 4.98 Å². The average Bonchev–Trinajstić information content (AvgIpc) is 2.19. The van der Waals surface area contributed by atoms with E-state index in [1.54, 1.807) is 0 Å². The minimum atomic E-state index is -0.572. The summed E-state index contributed by atoms with van der Waals surface area (Å²) in [6, 6.07) is 1.82. The van der Waals surface area contributed by atoms with E-state index in [0.29, 0.717) is 29.8 Å². The van der Waals surface area contributed by atoms with Crippen molar-refractivity contribution in [3.05, 3.63) is 27.5 Å². The van der Waals surface area contributed by atoms with Crippen LogP contribution >= 0.6 is 23.2 Å². The first kappa shape index (κ1) is 14.1. The molecule has 0 unspecified atom stereocenters. The topological polar surface area (TPSA) is 36.4 Å². The van der Waals surface area contributed by atoms with Gasteiger partial charge >= 0.3 is 0 Å². The third kappa shape index (κ3) is 2.64. The summed E-state index contributed by atoms with van der Waals surface area (Å²) in [5.41, 5.74) is 1.09. The molecule has 3 nitrogen and oxygen atoms in total. The van der Waals surface area contributed by atoms with Gasteiger partial charge in [0.25, 0.3) is 0 Å². The normalized spacial score (nSPS) is 19.1. The Balaban J connectivity index is 2.05. The lowest BCUT2D eigenvalue weighted by Crippen LogP contribution is -2.63. The third-order valence-corrected chi connectivity index (χ3v) is 4.25. The molecule has 2 rings (SSSR count). The lowest BCUT2D eigenvalue weighted by Gasteiger charge is -2.49. The predicted molar refractivity (Wildman–Crippen MR) is 74.1 cm³/mol. The van der Waals surface area contributed by atoms with E-state index < -0.39 is 5.60 Å². The molecule has 5 heteroatoms. The van der Waals surface area contributed by atoms with Crippen LogP contribution in [0.25, 0.3) is 0 Å². The van der Waals surface area contributed by atoms with Gasteiger partial charge in [0.2, 0.25) is 0 Å². The smallest absolute Gasteiger partial charge is 0.135 e. The van der Waals surface area contributed by atoms with Crippen LogP contribution in [0.15, 0.2) is 6.07 Å². The highest BCUT2D eigenvalue weighted by atomic mass is 35.5. The molecule has 0 amide bonds. The SMILES string of the molecule is Cc1cc(Cl)c(CN2CC(O)(C(C)C)C2)c(Cl)n1. The molecule has 1 aliphatic heterocycles. The van der Waals surface area contributed by atoms with Crippen LogP contribution in [-0.2, 0) is 6.54 Å². The second-order valence-electron chi connectivity index (χ2n) is 5.42. The lowest BCUT2D eigenvalue weighted by molar-refractivity contribution is -0.130. The highest BCUT2D eigenvalue weighted by molar-refractivity contribution is 6.35. The first-order valence-corrected chi connectivity index (χ1v) is 6.83. The van der Waals surface area contributed by atoms with Gasteiger partial charge in [-0.2, -0.15) is 0 Å². The maximum absolute atomic E-state index is 10.2. The Labute approximate surface area is 118 Å². The standard InChI is InChI=1S/C13H18Cl2N2O/c1-8(2)13(18)6-17(7-13)5-10-11(14)4-9(3)16-12(10)15/h4,8,18H,5-7H2,1-3H3. The molecule has 0 atom stereocenters. The Kier molecular flexibility index (Phi) is 3.88. The fraction of sp³-hybridized carbons (Fsp3) is 0.615. The molecule has 0 saturated carbocycles. The van der Waals surface area contributed by atoms with E-state index in [4.69, 9.17) is 23.2 Å². The molecule has 2 heterocycles. The van der Waals surface area contributed by atoms with E-state index in [2.05, 4.69) is 9.88 Å². The van der Waals surface area contributed by atoms with Gasteiger partial charge in [0.05, 0.1) is 5.60 Å². The van der Waals surface area contributed by atoms with Gasteiger partial charge in [-0.1, -0.05) is 37.0 Å². The van der Waals surface area contributed by atoms with Crippen LogP contribution in [0.2, 0.25) is 10.2 Å². The first-order chi connectivity index (χ1) is 8.32. The van der Waals surface area contributed by atoms with Gasteiger partial charge in [0.1, 0.15) is 5.15 Å². The fourth-order valence-corrected chi connectivity index (χ4v) is 2.84. The Hall–Kier alpha value is -0.350. The van der Waals surface area contributed by atoms with E-state index in [0.717, 1.165) is 11.3 Å². The van der Waals surface area contributed by atoms with Crippen molar-refractivity contribution in [3.8, 4) is 0 Å². The van der Waals surface area contributed by atoms with Crippen LogP contribution in [0.1, 0.15) is 25.1 Å². The molecule has 1 aromatic rings. The predicted octanol–water partition coefficient (Wildman–Crippen LogP) is 2.90. The molecular weight excluding hydrogens is 271 g/mol. The van der Waals surface area contributed by atoms with E-state index in [1.807, 2.05) is 26.8 Å². The molecule has 100 valence electrons. The number of β-amino-alcohol motifs (C(OH)–C–C–N with tert-alkyl or cyclic N) is 1. The summed E-state index contributed by atoms with van der Waals surface area (Å²) in [4.78, 5) is 6.34. The number of hydrogen-bond donors (Lipinski definition) is 1. The maximum Gasteiger partial charge on any atom is 0.135 e. The lowest BCUT2D eigenvalue weighted by atomic mass is 9.83.